The van der Waals surface area contributed by atoms with E-state index in [1.165, 1.54) is 6.07 Å². The second-order valence-electron chi connectivity index (χ2n) is 5.44. The first-order valence-electron chi connectivity index (χ1n) is 5.89. The number of benzene rings is 1. The van der Waals surface area contributed by atoms with Crippen molar-refractivity contribution in [2.24, 2.45) is 5.41 Å². The molecule has 0 aliphatic heterocycles. The van der Waals surface area contributed by atoms with Gasteiger partial charge in [0.15, 0.2) is 11.6 Å². The minimum absolute atomic E-state index is 0.0437. The molecule has 3 heteroatoms. The predicted octanol–water partition coefficient (Wildman–Crippen LogP) is 4.94. The van der Waals surface area contributed by atoms with Gasteiger partial charge in [-0.05, 0) is 36.3 Å². The highest BCUT2D eigenvalue weighted by Gasteiger charge is 2.21. The average molecular weight is 261 g/mol. The number of hydrogen-bond donors (Lipinski definition) is 0. The molecule has 1 rings (SSSR count). The molecule has 17 heavy (non-hydrogen) atoms. The van der Waals surface area contributed by atoms with Crippen LogP contribution in [0, 0.1) is 17.0 Å². The lowest BCUT2D eigenvalue weighted by atomic mass is 9.88. The summed E-state index contributed by atoms with van der Waals surface area (Å²) in [6, 6.07) is 4.30. The highest BCUT2D eigenvalue weighted by Crippen LogP contribution is 2.28. The van der Waals surface area contributed by atoms with Crippen LogP contribution in [-0.2, 0) is 6.42 Å². The second kappa shape index (κ2) is 5.81. The van der Waals surface area contributed by atoms with Gasteiger partial charge in [-0.1, -0.05) is 32.9 Å². The van der Waals surface area contributed by atoms with Crippen LogP contribution in [-0.4, -0.2) is 5.38 Å². The van der Waals surface area contributed by atoms with E-state index >= 15 is 0 Å². The summed E-state index contributed by atoms with van der Waals surface area (Å²) < 4.78 is 26.3. The zero-order valence-electron chi connectivity index (χ0n) is 10.6. The lowest BCUT2D eigenvalue weighted by Gasteiger charge is -2.25. The number of halogens is 3. The van der Waals surface area contributed by atoms with Crippen LogP contribution in [0.3, 0.4) is 0 Å². The largest absolute Gasteiger partial charge is 0.204 e. The van der Waals surface area contributed by atoms with Gasteiger partial charge in [0.2, 0.25) is 0 Å². The zero-order valence-corrected chi connectivity index (χ0v) is 11.3. The van der Waals surface area contributed by atoms with Crippen molar-refractivity contribution in [2.75, 3.05) is 0 Å². The molecular formula is C14H19ClF2. The fourth-order valence-corrected chi connectivity index (χ4v) is 1.80. The maximum absolute atomic E-state index is 13.4. The number of hydrogen-bond acceptors (Lipinski definition) is 0. The van der Waals surface area contributed by atoms with Crippen molar-refractivity contribution >= 4 is 11.6 Å². The lowest BCUT2D eigenvalue weighted by Crippen LogP contribution is -2.20. The van der Waals surface area contributed by atoms with Gasteiger partial charge in [-0.15, -0.1) is 11.6 Å². The Morgan fingerprint density at radius 3 is 2.47 bits per heavy atom. The molecule has 0 fully saturated rings. The van der Waals surface area contributed by atoms with E-state index in [9.17, 15) is 8.78 Å². The summed E-state index contributed by atoms with van der Waals surface area (Å²) in [6.07, 6.45) is 2.11. The van der Waals surface area contributed by atoms with Crippen molar-refractivity contribution in [1.29, 1.82) is 0 Å². The fraction of sp³-hybridized carbons (Fsp3) is 0.571. The topological polar surface area (TPSA) is 0 Å². The maximum Gasteiger partial charge on any atom is 0.162 e. The van der Waals surface area contributed by atoms with Gasteiger partial charge in [0, 0.05) is 5.38 Å². The lowest BCUT2D eigenvalue weighted by molar-refractivity contribution is 0.368. The van der Waals surface area contributed by atoms with E-state index in [2.05, 4.69) is 20.8 Å². The standard InChI is InChI=1S/C14H19ClF2/c1-14(2,3)12(15)9-5-7-10-6-4-8-11(16)13(10)17/h4,6,8,12H,5,7,9H2,1-3H3. The van der Waals surface area contributed by atoms with Crippen molar-refractivity contribution in [2.45, 2.75) is 45.4 Å². The summed E-state index contributed by atoms with van der Waals surface area (Å²) in [5.41, 5.74) is 0.477. The first-order valence-corrected chi connectivity index (χ1v) is 6.33. The molecule has 0 aromatic heterocycles. The molecular weight excluding hydrogens is 242 g/mol. The van der Waals surface area contributed by atoms with Crippen molar-refractivity contribution in [1.82, 2.24) is 0 Å². The first-order chi connectivity index (χ1) is 7.82. The van der Waals surface area contributed by atoms with Crippen LogP contribution in [0.25, 0.3) is 0 Å². The SMILES string of the molecule is CC(C)(C)C(Cl)CCCc1cccc(F)c1F. The smallest absolute Gasteiger partial charge is 0.162 e. The van der Waals surface area contributed by atoms with E-state index in [0.29, 0.717) is 12.0 Å². The Balaban J connectivity index is 2.49. The van der Waals surface area contributed by atoms with Gasteiger partial charge in [0.05, 0.1) is 0 Å². The molecule has 0 radical (unpaired) electrons. The molecule has 0 N–H and O–H groups in total. The monoisotopic (exact) mass is 260 g/mol. The maximum atomic E-state index is 13.4. The average Bonchev–Trinajstić information content (AvgIpc) is 2.22. The molecule has 0 nitrogen and oxygen atoms in total. The number of aryl methyl sites for hydroxylation is 1. The molecule has 0 heterocycles. The summed E-state index contributed by atoms with van der Waals surface area (Å²) in [5, 5.41) is 0.0547. The second-order valence-corrected chi connectivity index (χ2v) is 5.97. The van der Waals surface area contributed by atoms with Gasteiger partial charge in [-0.25, -0.2) is 8.78 Å². The van der Waals surface area contributed by atoms with E-state index < -0.39 is 11.6 Å². The van der Waals surface area contributed by atoms with E-state index in [1.807, 2.05) is 0 Å². The predicted molar refractivity (Wildman–Crippen MR) is 68.4 cm³/mol. The summed E-state index contributed by atoms with van der Waals surface area (Å²) in [5.74, 6) is -1.50. The summed E-state index contributed by atoms with van der Waals surface area (Å²) in [7, 11) is 0. The Hall–Kier alpha value is -0.630. The summed E-state index contributed by atoms with van der Waals surface area (Å²) in [4.78, 5) is 0. The molecule has 1 aromatic rings. The first kappa shape index (κ1) is 14.4. The normalized spacial score (nSPS) is 13.8. The minimum atomic E-state index is -0.777. The van der Waals surface area contributed by atoms with E-state index in [0.717, 1.165) is 18.9 Å². The van der Waals surface area contributed by atoms with Crippen LogP contribution in [0.1, 0.15) is 39.2 Å². The molecule has 1 atom stereocenters. The van der Waals surface area contributed by atoms with Gasteiger partial charge in [0.1, 0.15) is 0 Å². The highest BCUT2D eigenvalue weighted by molar-refractivity contribution is 6.21. The number of alkyl halides is 1. The molecule has 0 aliphatic carbocycles. The van der Waals surface area contributed by atoms with Crippen LogP contribution < -0.4 is 0 Å². The van der Waals surface area contributed by atoms with Crippen molar-refractivity contribution < 1.29 is 8.78 Å². The van der Waals surface area contributed by atoms with Crippen LogP contribution in [0.5, 0.6) is 0 Å². The summed E-state index contributed by atoms with van der Waals surface area (Å²) in [6.45, 7) is 6.23. The molecule has 0 bridgehead atoms. The van der Waals surface area contributed by atoms with Gasteiger partial charge in [-0.3, -0.25) is 0 Å². The Kier molecular flexibility index (Phi) is 4.93. The van der Waals surface area contributed by atoms with Gasteiger partial charge in [-0.2, -0.15) is 0 Å². The van der Waals surface area contributed by atoms with Crippen LogP contribution in [0.2, 0.25) is 0 Å². The van der Waals surface area contributed by atoms with Crippen molar-refractivity contribution in [3.05, 3.63) is 35.4 Å². The Morgan fingerprint density at radius 1 is 1.24 bits per heavy atom. The molecule has 1 aromatic carbocycles. The van der Waals surface area contributed by atoms with E-state index in [1.54, 1.807) is 6.07 Å². The highest BCUT2D eigenvalue weighted by atomic mass is 35.5. The molecule has 0 amide bonds. The van der Waals surface area contributed by atoms with Crippen LogP contribution >= 0.6 is 11.6 Å². The molecule has 96 valence electrons. The third-order valence-electron chi connectivity index (χ3n) is 2.87. The fourth-order valence-electron chi connectivity index (χ4n) is 1.65. The van der Waals surface area contributed by atoms with E-state index in [4.69, 9.17) is 11.6 Å². The minimum Gasteiger partial charge on any atom is -0.204 e. The molecule has 0 saturated carbocycles. The van der Waals surface area contributed by atoms with Crippen molar-refractivity contribution in [3.8, 4) is 0 Å². The van der Waals surface area contributed by atoms with Gasteiger partial charge >= 0.3 is 0 Å². The zero-order chi connectivity index (χ0) is 13.1. The van der Waals surface area contributed by atoms with Crippen LogP contribution in [0.15, 0.2) is 18.2 Å². The molecule has 0 spiro atoms. The Morgan fingerprint density at radius 2 is 1.88 bits per heavy atom. The molecule has 0 saturated heterocycles. The van der Waals surface area contributed by atoms with E-state index in [-0.39, 0.29) is 10.8 Å². The number of rotatable bonds is 4. The molecule has 0 aliphatic rings. The molecule has 1 unspecified atom stereocenters. The summed E-state index contributed by atoms with van der Waals surface area (Å²) >= 11 is 6.23. The Labute approximate surface area is 107 Å². The van der Waals surface area contributed by atoms with Crippen molar-refractivity contribution in [3.63, 3.8) is 0 Å². The van der Waals surface area contributed by atoms with Gasteiger partial charge < -0.3 is 0 Å². The Bertz CT molecular complexity index is 369. The van der Waals surface area contributed by atoms with Gasteiger partial charge in [0.25, 0.3) is 0 Å². The third kappa shape index (κ3) is 4.27. The van der Waals surface area contributed by atoms with Crippen LogP contribution in [0.4, 0.5) is 8.78 Å². The quantitative estimate of drug-likeness (QED) is 0.673. The third-order valence-corrected chi connectivity index (χ3v) is 3.75.